The number of rotatable bonds is 17. The summed E-state index contributed by atoms with van der Waals surface area (Å²) in [6.45, 7) is 41.4. The van der Waals surface area contributed by atoms with Crippen molar-refractivity contribution in [2.45, 2.75) is 251 Å². The minimum Gasteiger partial charge on any atom is -0.378 e. The van der Waals surface area contributed by atoms with Crippen molar-refractivity contribution in [2.75, 3.05) is 105 Å². The number of hydrogen-bond donors (Lipinski definition) is 5. The molecule has 0 radical (unpaired) electrons. The zero-order valence-corrected chi connectivity index (χ0v) is 66.7. The summed E-state index contributed by atoms with van der Waals surface area (Å²) in [4.78, 5) is 71.0. The predicted molar refractivity (Wildman–Crippen MR) is 434 cm³/mol. The third kappa shape index (κ3) is 21.5. The fraction of sp³-hybridized carbons (Fsp3) is 0.652. The van der Waals surface area contributed by atoms with E-state index in [9.17, 15) is 24.0 Å². The summed E-state index contributed by atoms with van der Waals surface area (Å²) in [5.74, 6) is 0.797. The largest absolute Gasteiger partial charge is 0.378 e. The lowest BCUT2D eigenvalue weighted by atomic mass is 9.63. The zero-order valence-electron chi connectivity index (χ0n) is 66.7. The number of nitrogens with one attached hydrogen (secondary N) is 4. The first kappa shape index (κ1) is 81.1. The van der Waals surface area contributed by atoms with E-state index in [1.54, 1.807) is 13.8 Å². The maximum Gasteiger partial charge on any atom is 0.318 e. The van der Waals surface area contributed by atoms with E-state index >= 15 is 0 Å². The van der Waals surface area contributed by atoms with Crippen LogP contribution < -0.4 is 27.0 Å². The fourth-order valence-electron chi connectivity index (χ4n) is 19.1. The van der Waals surface area contributed by atoms with Crippen molar-refractivity contribution >= 4 is 29.7 Å². The second-order valence-electron chi connectivity index (χ2n) is 35.8. The van der Waals surface area contributed by atoms with Gasteiger partial charge in [0.15, 0.2) is 0 Å². The third-order valence-corrected chi connectivity index (χ3v) is 25.5. The van der Waals surface area contributed by atoms with Crippen molar-refractivity contribution in [3.8, 4) is 0 Å². The van der Waals surface area contributed by atoms with Gasteiger partial charge >= 0.3 is 6.03 Å². The molecular formula is C89H142N10O6. The van der Waals surface area contributed by atoms with E-state index in [0.717, 1.165) is 70.6 Å². The Hall–Kier alpha value is -6.43. The van der Waals surface area contributed by atoms with Gasteiger partial charge in [-0.1, -0.05) is 164 Å². The van der Waals surface area contributed by atoms with Crippen molar-refractivity contribution in [3.63, 3.8) is 0 Å². The molecule has 0 bridgehead atoms. The minimum atomic E-state index is -0.265. The van der Waals surface area contributed by atoms with Crippen molar-refractivity contribution in [2.24, 2.45) is 22.5 Å². The molecule has 4 aromatic carbocycles. The molecule has 16 nitrogen and oxygen atoms in total. The highest BCUT2D eigenvalue weighted by molar-refractivity contribution is 5.77. The maximum absolute atomic E-state index is 12.8. The molecular weight excluding hydrogens is 1310 g/mol. The van der Waals surface area contributed by atoms with Crippen LogP contribution in [0.3, 0.4) is 0 Å². The van der Waals surface area contributed by atoms with Crippen LogP contribution in [-0.4, -0.2) is 159 Å². The lowest BCUT2D eigenvalue weighted by molar-refractivity contribution is -0.122. The summed E-state index contributed by atoms with van der Waals surface area (Å²) in [6.07, 6.45) is 23.9. The first-order valence-electron chi connectivity index (χ1n) is 40.7. The Morgan fingerprint density at radius 3 is 1.28 bits per heavy atom. The first-order valence-corrected chi connectivity index (χ1v) is 40.7. The molecule has 5 heterocycles. The van der Waals surface area contributed by atoms with Gasteiger partial charge < -0.3 is 51.3 Å². The number of allylic oxidation sites excluding steroid dienone is 2. The molecule has 5 aliphatic heterocycles. The zero-order chi connectivity index (χ0) is 75.2. The molecule has 4 aromatic rings. The number of ether oxygens (including phenoxy) is 1. The summed E-state index contributed by atoms with van der Waals surface area (Å²) >= 11 is 0. The Kier molecular flexibility index (Phi) is 27.9. The van der Waals surface area contributed by atoms with Gasteiger partial charge in [0.2, 0.25) is 23.6 Å². The van der Waals surface area contributed by atoms with Crippen LogP contribution >= 0.6 is 0 Å². The van der Waals surface area contributed by atoms with Crippen LogP contribution in [-0.2, 0) is 45.6 Å². The van der Waals surface area contributed by atoms with Crippen LogP contribution in [0.5, 0.6) is 0 Å². The van der Waals surface area contributed by atoms with Gasteiger partial charge in [-0.25, -0.2) is 4.79 Å². The normalized spacial score (nSPS) is 23.1. The molecule has 1 unspecified atom stereocenters. The van der Waals surface area contributed by atoms with E-state index in [-0.39, 0.29) is 75.8 Å². The quantitative estimate of drug-likeness (QED) is 0.0637. The van der Waals surface area contributed by atoms with Crippen molar-refractivity contribution in [3.05, 3.63) is 153 Å². The molecule has 4 spiro atoms. The van der Waals surface area contributed by atoms with Crippen LogP contribution in [0.4, 0.5) is 4.79 Å². The van der Waals surface area contributed by atoms with E-state index in [1.165, 1.54) is 173 Å². The van der Waals surface area contributed by atoms with Crippen LogP contribution in [0.2, 0.25) is 0 Å². The topological polar surface area (TPSA) is 185 Å². The predicted octanol–water partition coefficient (Wildman–Crippen LogP) is 16.2. The van der Waals surface area contributed by atoms with Crippen molar-refractivity contribution in [1.29, 1.82) is 0 Å². The van der Waals surface area contributed by atoms with Crippen LogP contribution in [0, 0.1) is 16.7 Å². The third-order valence-electron chi connectivity index (χ3n) is 25.5. The van der Waals surface area contributed by atoms with Gasteiger partial charge in [0, 0.05) is 55.3 Å². The maximum atomic E-state index is 12.8. The summed E-state index contributed by atoms with van der Waals surface area (Å²) in [5.41, 5.74) is 19.6. The molecule has 5 atom stereocenters. The highest BCUT2D eigenvalue weighted by atomic mass is 16.5. The molecule has 0 saturated carbocycles. The number of primary amides is 1. The van der Waals surface area contributed by atoms with E-state index in [1.807, 2.05) is 17.9 Å². The van der Waals surface area contributed by atoms with E-state index in [0.29, 0.717) is 55.5 Å². The number of hydrogen-bond acceptors (Lipinski definition) is 10. The van der Waals surface area contributed by atoms with Gasteiger partial charge in [-0.15, -0.1) is 0 Å². The number of nitrogens with two attached hydrogens (primary N) is 1. The van der Waals surface area contributed by atoms with Gasteiger partial charge in [-0.3, -0.25) is 24.1 Å². The van der Waals surface area contributed by atoms with E-state index in [4.69, 9.17) is 10.5 Å². The second-order valence-corrected chi connectivity index (χ2v) is 35.8. The molecule has 5 fully saturated rings. The molecule has 9 aliphatic rings. The van der Waals surface area contributed by atoms with Crippen molar-refractivity contribution < 1.29 is 34.4 Å². The van der Waals surface area contributed by atoms with E-state index in [2.05, 4.69) is 200 Å². The summed E-state index contributed by atoms with van der Waals surface area (Å²) < 4.78 is 5.39. The molecule has 4 aliphatic carbocycles. The summed E-state index contributed by atoms with van der Waals surface area (Å²) in [7, 11) is 0. The fourth-order valence-corrected chi connectivity index (χ4v) is 19.1. The van der Waals surface area contributed by atoms with Gasteiger partial charge in [0.05, 0.1) is 43.9 Å². The molecule has 105 heavy (non-hydrogen) atoms. The molecule has 16 heteroatoms. The molecule has 0 aromatic heterocycles. The monoisotopic (exact) mass is 1450 g/mol. The summed E-state index contributed by atoms with van der Waals surface area (Å²) in [5, 5.41) is 12.9. The molecule has 13 rings (SSSR count). The Bertz CT molecular complexity index is 3570. The van der Waals surface area contributed by atoms with Crippen LogP contribution in [0.1, 0.15) is 279 Å². The number of benzene rings is 4. The minimum absolute atomic E-state index is 0. The van der Waals surface area contributed by atoms with Crippen molar-refractivity contribution in [1.82, 2.24) is 45.8 Å². The lowest BCUT2D eigenvalue weighted by Crippen LogP contribution is -2.47. The highest BCUT2D eigenvalue weighted by Crippen LogP contribution is 2.54. The average Bonchev–Trinajstić information content (AvgIpc) is 1.72. The number of carbonyl (C=O) groups excluding carboxylic acids is 5. The van der Waals surface area contributed by atoms with Gasteiger partial charge in [0.25, 0.3) is 0 Å². The Labute approximate surface area is 638 Å². The molecule has 6 N–H and O–H groups in total. The van der Waals surface area contributed by atoms with Gasteiger partial charge in [-0.05, 0) is 268 Å². The lowest BCUT2D eigenvalue weighted by Gasteiger charge is -2.47. The van der Waals surface area contributed by atoms with Gasteiger partial charge in [0.1, 0.15) is 0 Å². The Balaban J connectivity index is 0.000000226. The van der Waals surface area contributed by atoms with Crippen LogP contribution in [0.25, 0.3) is 0 Å². The van der Waals surface area contributed by atoms with Crippen LogP contribution in [0.15, 0.2) is 109 Å². The highest BCUT2D eigenvalue weighted by Gasteiger charge is 2.49. The van der Waals surface area contributed by atoms with Gasteiger partial charge in [-0.2, -0.15) is 0 Å². The number of piperidine rings is 4. The number of urea groups is 1. The molecule has 5 saturated heterocycles. The number of nitrogens with zero attached hydrogens (tertiary/aromatic N) is 5. The summed E-state index contributed by atoms with van der Waals surface area (Å²) in [6, 6.07) is 35.6. The standard InChI is InChI=1S/C26H40N2O.C24H37N3O2.C22H34N2O.C17H23N3O2.4H2/c1-20(2)8-7-9-21(3)13-17-28-18-15-26(16-19-28)14-12-25(27-22(4)29)23-10-5-6-11-24(23)26;1-23(2,3)8-11-26-12-9-24(10-13-26)18-21(19-6-4-5-7-20(19)24)25-22(28)27-14-16-29-17-15-27;1-5-20(25)23-19-16-22(18-9-7-6-8-17(18)19)11-14-24(15-12-22)13-10-21(2,3)4;1-12(21)19-15-10-17(14-5-3-2-4-13(14)15)6-8-20(9-7-17)11-16(18)22;;;;/h5-6,8,10-11,21,25H,7,9,12-19H2,1-4H3,(H,27,29);4-7,21H,8-18H2,1-3H3,(H,25,28);6-9,19H,5,10-16H2,1-4H3,(H,23,25);2-5,15H,6-11H2,1H3,(H2,18,22)(H,19,21);4*1H/t21?,25-;21-;19-;15-;;;;/m0000..../s1. The number of morpholine rings is 1. The number of fused-ring (bicyclic) bond motifs is 8. The van der Waals surface area contributed by atoms with E-state index < -0.39 is 0 Å². The SMILES string of the molecule is CC(=O)N[C@H]1CC2(CCN(CC(N)=O)CC2)c2ccccc21.CC(=O)N[C@H]1CCC2(CCN(CCC(C)CCC=C(C)C)CC2)c2ccccc21.CC(C)(C)CCN1CCC2(CC1)C[C@H](NC(=O)N1CCOCC1)c1ccccc12.CCC(=O)N[C@H]1CC2(CCN(CCC(C)(C)C)CC2)c2ccccc21.[HH].[HH].[HH].[HH]. The Morgan fingerprint density at radius 1 is 0.495 bits per heavy atom. The molecule has 6 amide bonds. The smallest absolute Gasteiger partial charge is 0.318 e. The number of likely N-dealkylation sites (tertiary alicyclic amines) is 4. The first-order chi connectivity index (χ1) is 50.1. The Morgan fingerprint density at radius 2 is 0.867 bits per heavy atom. The average molecular weight is 1450 g/mol. The number of amides is 6. The second kappa shape index (κ2) is 36.2. The molecule has 584 valence electrons. The number of carbonyl (C=O) groups is 5.